The van der Waals surface area contributed by atoms with Crippen LogP contribution >= 0.6 is 0 Å². The fourth-order valence-electron chi connectivity index (χ4n) is 14.6. The number of amides is 9. The Hall–Kier alpha value is -12.1. The van der Waals surface area contributed by atoms with Crippen LogP contribution < -0.4 is 45.0 Å². The van der Waals surface area contributed by atoms with E-state index >= 15 is 0 Å². The van der Waals surface area contributed by atoms with Gasteiger partial charge in [-0.25, -0.2) is 44.3 Å². The predicted octanol–water partition coefficient (Wildman–Crippen LogP) is 8.59. The third-order valence-corrected chi connectivity index (χ3v) is 20.6. The number of aldehydes is 3. The second-order valence-corrected chi connectivity index (χ2v) is 28.7. The molecule has 6 atom stereocenters. The Morgan fingerprint density at radius 3 is 1.15 bits per heavy atom. The Morgan fingerprint density at radius 1 is 0.500 bits per heavy atom. The number of carbonyl (C=O) groups excluding carboxylic acids is 9. The first-order valence-corrected chi connectivity index (χ1v) is 37.4. The van der Waals surface area contributed by atoms with Crippen molar-refractivity contribution in [2.75, 3.05) is 122 Å². The highest BCUT2D eigenvalue weighted by molar-refractivity contribution is 6.04. The maximum atomic E-state index is 13.4. The van der Waals surface area contributed by atoms with E-state index in [1.54, 1.807) is 55.9 Å². The number of hydrogen-bond donors (Lipinski definition) is 3. The third-order valence-electron chi connectivity index (χ3n) is 20.6. The molecule has 3 N–H and O–H groups in total. The standard InChI is InChI=1S/C27H31N7O4.2C26H30N6O5/c1-17-5-8-33(26(17)36)14-19-10-18-4-3-7-34(25(18)30-22(19)16-35)27(37)31-24-11-23(20(12-28)13-29-24)32-9-6-21(15-32)38-2;2*1-16-6-8-31(25(16)34)13-19-9-18-5-4-7-32(24(18)29-21(19)14-33)26(35)30-23-10-22(20(11-27)12-28-23)37-17(2)15-36-3/h10-11,13,16-17,21H,3-9,14-15H2,1-2H3,(H,29,31,37);2*9-10,12,14,16-17H,4-8,13,15H2,1-3H3,(H,28,30,35)/t17-,21+;16-,17+;16-,17-/m000/s1. The average Bonchev–Trinajstić information content (AvgIpc) is 1.02. The Balaban J connectivity index is 0.000000166. The maximum Gasteiger partial charge on any atom is 0.328 e. The largest absolute Gasteiger partial charge is 0.487 e. The van der Waals surface area contributed by atoms with Crippen LogP contribution in [-0.2, 0) is 67.5 Å². The molecular weight excluding hydrogens is 1440 g/mol. The van der Waals surface area contributed by atoms with Crippen molar-refractivity contribution in [2.45, 2.75) is 137 Å². The van der Waals surface area contributed by atoms with Crippen LogP contribution in [0.1, 0.15) is 161 Å². The van der Waals surface area contributed by atoms with Crippen molar-refractivity contribution in [3.8, 4) is 29.7 Å². The van der Waals surface area contributed by atoms with Crippen LogP contribution in [0, 0.1) is 51.7 Å². The number of fused-ring (bicyclic) bond motifs is 3. The highest BCUT2D eigenvalue weighted by Crippen LogP contribution is 2.36. The van der Waals surface area contributed by atoms with E-state index in [2.05, 4.69) is 56.8 Å². The van der Waals surface area contributed by atoms with Crippen molar-refractivity contribution in [3.63, 3.8) is 0 Å². The number of ether oxygens (including phenoxy) is 5. The summed E-state index contributed by atoms with van der Waals surface area (Å²) in [6.45, 7) is 15.6. The molecule has 0 aliphatic carbocycles. The molecule has 0 saturated carbocycles. The lowest BCUT2D eigenvalue weighted by Crippen LogP contribution is -2.40. The molecule has 0 unspecified atom stereocenters. The number of pyridine rings is 6. The van der Waals surface area contributed by atoms with Crippen LogP contribution in [0.5, 0.6) is 11.5 Å². The summed E-state index contributed by atoms with van der Waals surface area (Å²) in [5, 5.41) is 36.7. The van der Waals surface area contributed by atoms with Gasteiger partial charge < -0.3 is 43.3 Å². The molecule has 9 amide bonds. The van der Waals surface area contributed by atoms with Gasteiger partial charge in [-0.2, -0.15) is 15.8 Å². The Labute approximate surface area is 648 Å². The molecule has 0 spiro atoms. The first-order valence-electron chi connectivity index (χ1n) is 37.4. The number of carbonyl (C=O) groups is 9. The molecule has 0 aromatic carbocycles. The molecule has 7 aliphatic rings. The number of aromatic nitrogens is 6. The molecule has 33 nitrogen and oxygen atoms in total. The molecule has 33 heteroatoms. The van der Waals surface area contributed by atoms with E-state index < -0.39 is 18.1 Å². The zero-order valence-electron chi connectivity index (χ0n) is 64.0. The van der Waals surface area contributed by atoms with Gasteiger partial charge in [0.05, 0.1) is 43.0 Å². The van der Waals surface area contributed by atoms with Crippen molar-refractivity contribution in [1.29, 1.82) is 15.8 Å². The minimum atomic E-state index is -0.463. The minimum absolute atomic E-state index is 0.0114. The van der Waals surface area contributed by atoms with Crippen molar-refractivity contribution >= 4 is 95.3 Å². The van der Waals surface area contributed by atoms with Crippen LogP contribution in [0.4, 0.5) is 55.0 Å². The number of likely N-dealkylation sites (tertiary alicyclic amines) is 3. The Morgan fingerprint density at radius 2 is 0.848 bits per heavy atom. The number of methoxy groups -OCH3 is 3. The predicted molar refractivity (Wildman–Crippen MR) is 409 cm³/mol. The van der Waals surface area contributed by atoms with Gasteiger partial charge in [0, 0.05) is 152 Å². The maximum absolute atomic E-state index is 13.4. The van der Waals surface area contributed by atoms with Crippen molar-refractivity contribution in [2.24, 2.45) is 17.8 Å². The summed E-state index contributed by atoms with van der Waals surface area (Å²) < 4.78 is 27.2. The van der Waals surface area contributed by atoms with E-state index in [1.807, 2.05) is 51.1 Å². The molecule has 13 heterocycles. The van der Waals surface area contributed by atoms with E-state index in [0.717, 1.165) is 61.8 Å². The number of anilines is 7. The zero-order chi connectivity index (χ0) is 79.9. The van der Waals surface area contributed by atoms with Gasteiger partial charge in [0.2, 0.25) is 17.7 Å². The second-order valence-electron chi connectivity index (χ2n) is 28.7. The molecule has 6 aromatic heterocycles. The second kappa shape index (κ2) is 37.1. The smallest absolute Gasteiger partial charge is 0.328 e. The topological polar surface area (TPSA) is 407 Å². The van der Waals surface area contributed by atoms with Gasteiger partial charge in [-0.15, -0.1) is 0 Å². The van der Waals surface area contributed by atoms with Gasteiger partial charge in [-0.1, -0.05) is 20.8 Å². The lowest BCUT2D eigenvalue weighted by molar-refractivity contribution is -0.131. The number of nitrogens with zero attached hydrogens (tertiary/aromatic N) is 16. The molecule has 112 heavy (non-hydrogen) atoms. The van der Waals surface area contributed by atoms with E-state index in [1.165, 1.54) is 45.4 Å². The molecule has 4 saturated heterocycles. The molecular formula is C79H91N19O14. The summed E-state index contributed by atoms with van der Waals surface area (Å²) >= 11 is 0. The summed E-state index contributed by atoms with van der Waals surface area (Å²) in [7, 11) is 4.78. The summed E-state index contributed by atoms with van der Waals surface area (Å²) in [4.78, 5) is 151. The third kappa shape index (κ3) is 18.8. The van der Waals surface area contributed by atoms with Crippen molar-refractivity contribution < 1.29 is 66.8 Å². The molecule has 586 valence electrons. The van der Waals surface area contributed by atoms with E-state index in [0.29, 0.717) is 174 Å². The normalized spacial score (nSPS) is 18.8. The number of aryl methyl sites for hydroxylation is 3. The number of nitrogens with one attached hydrogen (secondary N) is 3. The quantitative estimate of drug-likeness (QED) is 0.0535. The van der Waals surface area contributed by atoms with Crippen LogP contribution in [0.3, 0.4) is 0 Å². The molecule has 7 aliphatic heterocycles. The van der Waals surface area contributed by atoms with Crippen molar-refractivity contribution in [3.05, 3.63) is 122 Å². The number of urea groups is 3. The lowest BCUT2D eigenvalue weighted by Gasteiger charge is -2.29. The Kier molecular flexibility index (Phi) is 26.8. The Bertz CT molecular complexity index is 4520. The van der Waals surface area contributed by atoms with Gasteiger partial charge in [-0.3, -0.25) is 59.4 Å². The SMILES string of the molecule is COC[C@@H](C)Oc1cc(NC(=O)N2CCCc3cc(CN4CC[C@H](C)C4=O)c(C=O)nc32)ncc1C#N.COC[C@H](C)Oc1cc(NC(=O)N2CCCc3cc(CN4CC[C@H](C)C4=O)c(C=O)nc32)ncc1C#N.CO[C@@H]1CCN(c2cc(NC(=O)N3CCCc4cc(CN5CC[C@H](C)C5=O)c(C=O)nc43)ncc2C#N)C1. The van der Waals surface area contributed by atoms with Crippen LogP contribution in [0.25, 0.3) is 0 Å². The number of rotatable bonds is 22. The van der Waals surface area contributed by atoms with Crippen LogP contribution in [0.2, 0.25) is 0 Å². The van der Waals surface area contributed by atoms with Crippen molar-refractivity contribution in [1.82, 2.24) is 44.6 Å². The van der Waals surface area contributed by atoms with Crippen LogP contribution in [-0.4, -0.2) is 204 Å². The molecule has 0 radical (unpaired) electrons. The first-order chi connectivity index (χ1) is 54.1. The number of hydrogen-bond acceptors (Lipinski definition) is 24. The summed E-state index contributed by atoms with van der Waals surface area (Å²) in [5.74, 6) is 2.77. The van der Waals surface area contributed by atoms with Gasteiger partial charge in [0.1, 0.15) is 105 Å². The summed E-state index contributed by atoms with van der Waals surface area (Å²) in [6, 6.07) is 15.3. The van der Waals surface area contributed by atoms with Gasteiger partial charge >= 0.3 is 18.1 Å². The molecule has 4 fully saturated rings. The first kappa shape index (κ1) is 80.9. The lowest BCUT2D eigenvalue weighted by atomic mass is 10.0. The molecule has 0 bridgehead atoms. The fraction of sp³-hybridized carbons (Fsp3) is 0.468. The fourth-order valence-corrected chi connectivity index (χ4v) is 14.6. The molecule has 6 aromatic rings. The van der Waals surface area contributed by atoms with Crippen LogP contribution in [0.15, 0.2) is 55.0 Å². The highest BCUT2D eigenvalue weighted by atomic mass is 16.5. The highest BCUT2D eigenvalue weighted by Gasteiger charge is 2.36. The zero-order valence-corrected chi connectivity index (χ0v) is 64.0. The van der Waals surface area contributed by atoms with E-state index in [4.69, 9.17) is 23.7 Å². The average molecular weight is 1530 g/mol. The van der Waals surface area contributed by atoms with Gasteiger partial charge in [0.25, 0.3) is 0 Å². The van der Waals surface area contributed by atoms with E-state index in [9.17, 15) is 58.9 Å². The summed E-state index contributed by atoms with van der Waals surface area (Å²) in [5.41, 5.74) is 6.86. The van der Waals surface area contributed by atoms with E-state index in [-0.39, 0.29) is 105 Å². The molecule has 13 rings (SSSR count). The minimum Gasteiger partial charge on any atom is -0.487 e. The van der Waals surface area contributed by atoms with Gasteiger partial charge in [-0.05, 0) is 113 Å². The number of nitriles is 3. The monoisotopic (exact) mass is 1530 g/mol. The van der Waals surface area contributed by atoms with Gasteiger partial charge in [0.15, 0.2) is 18.9 Å². The summed E-state index contributed by atoms with van der Waals surface area (Å²) in [6.07, 6.45) is 13.2.